The van der Waals surface area contributed by atoms with Crippen LogP contribution >= 0.6 is 0 Å². The molecule has 0 aliphatic carbocycles. The molecule has 3 heteroatoms. The van der Waals surface area contributed by atoms with E-state index < -0.39 is 0 Å². The van der Waals surface area contributed by atoms with Crippen LogP contribution in [0.2, 0.25) is 0 Å². The van der Waals surface area contributed by atoms with E-state index in [1.54, 1.807) is 0 Å². The molecule has 0 aromatic heterocycles. The third-order valence-corrected chi connectivity index (χ3v) is 4.11. The van der Waals surface area contributed by atoms with Gasteiger partial charge < -0.3 is 10.2 Å². The third-order valence-electron chi connectivity index (χ3n) is 4.11. The van der Waals surface area contributed by atoms with E-state index in [-0.39, 0.29) is 5.91 Å². The molecule has 0 bridgehead atoms. The van der Waals surface area contributed by atoms with E-state index in [0.29, 0.717) is 6.42 Å². The number of amides is 1. The van der Waals surface area contributed by atoms with Gasteiger partial charge in [0.1, 0.15) is 0 Å². The van der Waals surface area contributed by atoms with Gasteiger partial charge in [-0.25, -0.2) is 0 Å². The van der Waals surface area contributed by atoms with E-state index in [9.17, 15) is 4.79 Å². The molecule has 128 valence electrons. The minimum absolute atomic E-state index is 0.0524. The lowest BCUT2D eigenvalue weighted by Gasteiger charge is -2.25. The Morgan fingerprint density at radius 3 is 2.50 bits per heavy atom. The average molecular weight is 324 g/mol. The quantitative estimate of drug-likeness (QED) is 0.712. The largest absolute Gasteiger partial charge is 0.371 e. The second kappa shape index (κ2) is 9.76. The lowest BCUT2D eigenvalue weighted by molar-refractivity contribution is -0.115. The molecule has 2 aromatic rings. The molecule has 2 aromatic carbocycles. The first-order chi connectivity index (χ1) is 11.7. The van der Waals surface area contributed by atoms with Gasteiger partial charge in [0, 0.05) is 30.9 Å². The molecule has 0 saturated heterocycles. The van der Waals surface area contributed by atoms with E-state index in [1.807, 2.05) is 19.1 Å². The molecular formula is C21H28N2O. The van der Waals surface area contributed by atoms with E-state index in [4.69, 9.17) is 0 Å². The fourth-order valence-corrected chi connectivity index (χ4v) is 2.66. The number of nitrogens with one attached hydrogen (secondary N) is 1. The summed E-state index contributed by atoms with van der Waals surface area (Å²) in [5.41, 5.74) is 3.41. The van der Waals surface area contributed by atoms with Crippen molar-refractivity contribution in [2.24, 2.45) is 0 Å². The highest BCUT2D eigenvalue weighted by molar-refractivity contribution is 5.91. The van der Waals surface area contributed by atoms with Crippen LogP contribution in [-0.2, 0) is 11.2 Å². The molecule has 2 rings (SSSR count). The van der Waals surface area contributed by atoms with Crippen molar-refractivity contribution in [1.82, 2.24) is 0 Å². The van der Waals surface area contributed by atoms with Gasteiger partial charge in [0.2, 0.25) is 5.91 Å². The van der Waals surface area contributed by atoms with E-state index >= 15 is 0 Å². The highest BCUT2D eigenvalue weighted by Gasteiger charge is 2.08. The Morgan fingerprint density at radius 2 is 1.79 bits per heavy atom. The summed E-state index contributed by atoms with van der Waals surface area (Å²) in [5, 5.41) is 2.95. The van der Waals surface area contributed by atoms with Crippen molar-refractivity contribution in [3.8, 4) is 0 Å². The lowest BCUT2D eigenvalue weighted by atomic mass is 10.1. The predicted molar refractivity (Wildman–Crippen MR) is 103 cm³/mol. The first-order valence-corrected chi connectivity index (χ1v) is 8.91. The summed E-state index contributed by atoms with van der Waals surface area (Å²) in [7, 11) is 0. The molecule has 24 heavy (non-hydrogen) atoms. The van der Waals surface area contributed by atoms with Crippen molar-refractivity contribution in [2.75, 3.05) is 23.3 Å². The second-order valence-electron chi connectivity index (χ2n) is 6.03. The Kier molecular flexibility index (Phi) is 7.34. The number of carbonyl (C=O) groups excluding carboxylic acids is 1. The topological polar surface area (TPSA) is 32.3 Å². The summed E-state index contributed by atoms with van der Waals surface area (Å²) in [6.45, 7) is 6.10. The first kappa shape index (κ1) is 18.1. The summed E-state index contributed by atoms with van der Waals surface area (Å²) >= 11 is 0. The van der Waals surface area contributed by atoms with Gasteiger partial charge >= 0.3 is 0 Å². The molecule has 0 atom stereocenters. The van der Waals surface area contributed by atoms with Crippen LogP contribution in [-0.4, -0.2) is 19.0 Å². The molecule has 0 aliphatic rings. The average Bonchev–Trinajstić information content (AvgIpc) is 2.63. The molecule has 0 saturated carbocycles. The summed E-state index contributed by atoms with van der Waals surface area (Å²) in [6, 6.07) is 18.8. The zero-order chi connectivity index (χ0) is 17.2. The van der Waals surface area contributed by atoms with E-state index in [0.717, 1.165) is 25.2 Å². The SMILES string of the molecule is CCCCN(CCc1ccccc1)c1cccc(NC(=O)CC)c1. The van der Waals surface area contributed by atoms with Crippen molar-refractivity contribution in [3.05, 3.63) is 60.2 Å². The van der Waals surface area contributed by atoms with Gasteiger partial charge in [0.05, 0.1) is 0 Å². The van der Waals surface area contributed by atoms with Crippen LogP contribution in [0.5, 0.6) is 0 Å². The maximum atomic E-state index is 11.6. The standard InChI is InChI=1S/C21H28N2O/c1-3-5-15-23(16-14-18-10-7-6-8-11-18)20-13-9-12-19(17-20)22-21(24)4-2/h6-13,17H,3-5,14-16H2,1-2H3,(H,22,24). The van der Waals surface area contributed by atoms with Crippen LogP contribution in [0.4, 0.5) is 11.4 Å². The number of hydrogen-bond acceptors (Lipinski definition) is 2. The molecule has 0 radical (unpaired) electrons. The second-order valence-corrected chi connectivity index (χ2v) is 6.03. The van der Waals surface area contributed by atoms with Crippen molar-refractivity contribution < 1.29 is 4.79 Å². The highest BCUT2D eigenvalue weighted by Crippen LogP contribution is 2.21. The van der Waals surface area contributed by atoms with Crippen LogP contribution in [0.25, 0.3) is 0 Å². The molecule has 1 N–H and O–H groups in total. The zero-order valence-electron chi connectivity index (χ0n) is 14.8. The Hall–Kier alpha value is -2.29. The number of nitrogens with zero attached hydrogens (tertiary/aromatic N) is 1. The van der Waals surface area contributed by atoms with Crippen LogP contribution in [0.3, 0.4) is 0 Å². The summed E-state index contributed by atoms with van der Waals surface area (Å²) in [4.78, 5) is 14.0. The van der Waals surface area contributed by atoms with Crippen molar-refractivity contribution >= 4 is 17.3 Å². The molecular weight excluding hydrogens is 296 g/mol. The molecule has 3 nitrogen and oxygen atoms in total. The van der Waals surface area contributed by atoms with Gasteiger partial charge in [-0.3, -0.25) is 4.79 Å². The number of anilines is 2. The minimum atomic E-state index is 0.0524. The highest BCUT2D eigenvalue weighted by atomic mass is 16.1. The van der Waals surface area contributed by atoms with Crippen molar-refractivity contribution in [1.29, 1.82) is 0 Å². The monoisotopic (exact) mass is 324 g/mol. The van der Waals surface area contributed by atoms with Gasteiger partial charge in [-0.15, -0.1) is 0 Å². The number of hydrogen-bond donors (Lipinski definition) is 1. The predicted octanol–water partition coefficient (Wildman–Crippen LogP) is 4.88. The van der Waals surface area contributed by atoms with E-state index in [2.05, 4.69) is 59.6 Å². The third kappa shape index (κ3) is 5.73. The number of benzene rings is 2. The number of rotatable bonds is 9. The van der Waals surface area contributed by atoms with Crippen LogP contribution in [0.15, 0.2) is 54.6 Å². The van der Waals surface area contributed by atoms with Crippen LogP contribution in [0, 0.1) is 0 Å². The normalized spacial score (nSPS) is 10.4. The maximum Gasteiger partial charge on any atom is 0.224 e. The number of unbranched alkanes of at least 4 members (excludes halogenated alkanes) is 1. The van der Waals surface area contributed by atoms with E-state index in [1.165, 1.54) is 24.1 Å². The van der Waals surface area contributed by atoms with Crippen LogP contribution in [0.1, 0.15) is 38.7 Å². The van der Waals surface area contributed by atoms with Gasteiger partial charge in [0.15, 0.2) is 0 Å². The van der Waals surface area contributed by atoms with Gasteiger partial charge in [-0.2, -0.15) is 0 Å². The Morgan fingerprint density at radius 1 is 1.00 bits per heavy atom. The molecule has 0 heterocycles. The van der Waals surface area contributed by atoms with Gasteiger partial charge in [0.25, 0.3) is 0 Å². The van der Waals surface area contributed by atoms with Crippen molar-refractivity contribution in [3.63, 3.8) is 0 Å². The first-order valence-electron chi connectivity index (χ1n) is 8.91. The Bertz CT molecular complexity index is 625. The Labute approximate surface area is 145 Å². The zero-order valence-corrected chi connectivity index (χ0v) is 14.8. The lowest BCUT2D eigenvalue weighted by Crippen LogP contribution is -2.27. The molecule has 1 amide bonds. The fraction of sp³-hybridized carbons (Fsp3) is 0.381. The maximum absolute atomic E-state index is 11.6. The Balaban J connectivity index is 2.08. The smallest absolute Gasteiger partial charge is 0.224 e. The van der Waals surface area contributed by atoms with Gasteiger partial charge in [-0.05, 0) is 36.6 Å². The summed E-state index contributed by atoms with van der Waals surface area (Å²) in [6.07, 6.45) is 3.86. The van der Waals surface area contributed by atoms with Gasteiger partial charge in [-0.1, -0.05) is 56.7 Å². The molecule has 0 unspecified atom stereocenters. The molecule has 0 spiro atoms. The summed E-state index contributed by atoms with van der Waals surface area (Å²) in [5.74, 6) is 0.0524. The minimum Gasteiger partial charge on any atom is -0.371 e. The van der Waals surface area contributed by atoms with Crippen LogP contribution < -0.4 is 10.2 Å². The summed E-state index contributed by atoms with van der Waals surface area (Å²) < 4.78 is 0. The number of carbonyl (C=O) groups is 1. The molecule has 0 fully saturated rings. The fourth-order valence-electron chi connectivity index (χ4n) is 2.66. The molecule has 0 aliphatic heterocycles. The van der Waals surface area contributed by atoms with Crippen molar-refractivity contribution in [2.45, 2.75) is 39.5 Å².